The minimum absolute atomic E-state index is 0.178. The highest BCUT2D eigenvalue weighted by Crippen LogP contribution is 2.23. The smallest absolute Gasteiger partial charge is 0.284 e. The number of H-pyrrole nitrogens is 2. The Morgan fingerprint density at radius 1 is 1.16 bits per heavy atom. The van der Waals surface area contributed by atoms with E-state index in [1.165, 1.54) is 4.57 Å². The molecule has 0 saturated carbocycles. The van der Waals surface area contributed by atoms with Gasteiger partial charge in [-0.2, -0.15) is 0 Å². The van der Waals surface area contributed by atoms with Gasteiger partial charge in [-0.25, -0.2) is 5.10 Å². The molecule has 2 aromatic carbocycles. The second kappa shape index (κ2) is 5.91. The van der Waals surface area contributed by atoms with Crippen LogP contribution in [0.5, 0.6) is 0 Å². The summed E-state index contributed by atoms with van der Waals surface area (Å²) in [6.07, 6.45) is 0. The van der Waals surface area contributed by atoms with E-state index >= 15 is 0 Å². The fourth-order valence-electron chi connectivity index (χ4n) is 2.72. The molecule has 0 saturated heterocycles. The number of aromatic nitrogens is 4. The van der Waals surface area contributed by atoms with E-state index in [1.807, 2.05) is 43.3 Å². The monoisotopic (exact) mass is 368 g/mol. The maximum atomic E-state index is 13.0. The van der Waals surface area contributed by atoms with Crippen molar-refractivity contribution in [1.82, 2.24) is 19.7 Å². The predicted molar refractivity (Wildman–Crippen MR) is 100 cm³/mol. The van der Waals surface area contributed by atoms with Gasteiger partial charge >= 0.3 is 0 Å². The molecule has 0 amide bonds. The minimum Gasteiger partial charge on any atom is -0.409 e. The number of para-hydroxylation sites is 1. The normalized spacial score (nSPS) is 11.1. The van der Waals surface area contributed by atoms with E-state index in [1.54, 1.807) is 6.07 Å². The predicted octanol–water partition coefficient (Wildman–Crippen LogP) is 4.07. The van der Waals surface area contributed by atoms with Crippen molar-refractivity contribution in [2.45, 2.75) is 6.92 Å². The SMILES string of the molecule is Cc1ccc(-c2n[nH]c(=S)o2)cc1-n1c(=S)[nH]c2ccccc2c1=O. The Bertz CT molecular complexity index is 1280. The van der Waals surface area contributed by atoms with Crippen molar-refractivity contribution in [3.8, 4) is 17.1 Å². The Morgan fingerprint density at radius 3 is 2.72 bits per heavy atom. The highest BCUT2D eigenvalue weighted by atomic mass is 32.1. The summed E-state index contributed by atoms with van der Waals surface area (Å²) in [6.45, 7) is 1.91. The molecule has 124 valence electrons. The minimum atomic E-state index is -0.178. The lowest BCUT2D eigenvalue weighted by atomic mass is 10.1. The molecule has 8 heteroatoms. The standard InChI is InChI=1S/C17H12N4O2S2/c1-9-6-7-10(14-19-20-17(25)23-14)8-13(9)21-15(22)11-4-2-3-5-12(11)18-16(21)24/h2-8H,1H3,(H,18,24)(H,20,25). The van der Waals surface area contributed by atoms with Gasteiger partial charge in [0.2, 0.25) is 5.89 Å². The summed E-state index contributed by atoms with van der Waals surface area (Å²) in [5.41, 5.74) is 2.79. The molecule has 0 aliphatic rings. The number of benzene rings is 2. The van der Waals surface area contributed by atoms with Gasteiger partial charge in [0.15, 0.2) is 4.77 Å². The molecule has 4 rings (SSSR count). The zero-order chi connectivity index (χ0) is 17.6. The van der Waals surface area contributed by atoms with Gasteiger partial charge in [0.05, 0.1) is 16.6 Å². The summed E-state index contributed by atoms with van der Waals surface area (Å²) in [7, 11) is 0. The first-order chi connectivity index (χ1) is 12.0. The van der Waals surface area contributed by atoms with Crippen LogP contribution in [0.3, 0.4) is 0 Å². The highest BCUT2D eigenvalue weighted by Gasteiger charge is 2.12. The Hall–Kier alpha value is -2.84. The van der Waals surface area contributed by atoms with E-state index in [0.717, 1.165) is 5.56 Å². The average Bonchev–Trinajstić information content (AvgIpc) is 3.03. The fourth-order valence-corrected chi connectivity index (χ4v) is 3.13. The second-order valence-corrected chi connectivity index (χ2v) is 6.29. The van der Waals surface area contributed by atoms with Crippen molar-refractivity contribution in [1.29, 1.82) is 0 Å². The molecule has 0 bridgehead atoms. The molecule has 0 spiro atoms. The quantitative estimate of drug-likeness (QED) is 0.522. The molecule has 0 aliphatic carbocycles. The average molecular weight is 368 g/mol. The Labute approximate surface area is 151 Å². The summed E-state index contributed by atoms with van der Waals surface area (Å²) in [4.78, 5) is 16.3. The molecule has 0 radical (unpaired) electrons. The van der Waals surface area contributed by atoms with Crippen LogP contribution in [0.25, 0.3) is 28.0 Å². The number of hydrogen-bond donors (Lipinski definition) is 2. The van der Waals surface area contributed by atoms with E-state index < -0.39 is 0 Å². The first kappa shape index (κ1) is 15.7. The lowest BCUT2D eigenvalue weighted by molar-refractivity contribution is 0.552. The fraction of sp³-hybridized carbons (Fsp3) is 0.0588. The number of fused-ring (bicyclic) bond motifs is 1. The topological polar surface area (TPSA) is 79.6 Å². The van der Waals surface area contributed by atoms with Crippen LogP contribution in [-0.2, 0) is 0 Å². The summed E-state index contributed by atoms with van der Waals surface area (Å²) >= 11 is 10.3. The van der Waals surface area contributed by atoms with Crippen LogP contribution in [0.15, 0.2) is 51.7 Å². The van der Waals surface area contributed by atoms with Crippen LogP contribution in [0.4, 0.5) is 0 Å². The van der Waals surface area contributed by atoms with E-state index in [9.17, 15) is 4.79 Å². The molecule has 2 heterocycles. The summed E-state index contributed by atoms with van der Waals surface area (Å²) in [6, 6.07) is 12.8. The Balaban J connectivity index is 2.02. The van der Waals surface area contributed by atoms with Crippen molar-refractivity contribution >= 4 is 35.3 Å². The van der Waals surface area contributed by atoms with Crippen LogP contribution >= 0.6 is 24.4 Å². The first-order valence-electron chi connectivity index (χ1n) is 7.45. The molecule has 6 nitrogen and oxygen atoms in total. The van der Waals surface area contributed by atoms with Crippen LogP contribution in [0, 0.1) is 16.5 Å². The lowest BCUT2D eigenvalue weighted by Gasteiger charge is -2.11. The number of aromatic amines is 2. The lowest BCUT2D eigenvalue weighted by Crippen LogP contribution is -2.21. The van der Waals surface area contributed by atoms with Gasteiger partial charge in [-0.3, -0.25) is 9.36 Å². The zero-order valence-corrected chi connectivity index (χ0v) is 14.7. The summed E-state index contributed by atoms with van der Waals surface area (Å²) < 4.78 is 7.17. The van der Waals surface area contributed by atoms with E-state index in [0.29, 0.717) is 32.8 Å². The number of nitrogens with zero attached hydrogens (tertiary/aromatic N) is 2. The first-order valence-corrected chi connectivity index (χ1v) is 8.27. The maximum Gasteiger partial charge on any atom is 0.284 e. The van der Waals surface area contributed by atoms with Crippen molar-refractivity contribution < 1.29 is 4.42 Å². The van der Waals surface area contributed by atoms with Gasteiger partial charge in [-0.1, -0.05) is 18.2 Å². The molecule has 25 heavy (non-hydrogen) atoms. The Kier molecular flexibility index (Phi) is 3.70. The van der Waals surface area contributed by atoms with Crippen molar-refractivity contribution in [3.05, 3.63) is 68.0 Å². The zero-order valence-electron chi connectivity index (χ0n) is 13.1. The molecule has 2 N–H and O–H groups in total. The van der Waals surface area contributed by atoms with E-state index in [2.05, 4.69) is 15.2 Å². The van der Waals surface area contributed by atoms with Gasteiger partial charge in [-0.05, 0) is 61.2 Å². The van der Waals surface area contributed by atoms with Crippen LogP contribution < -0.4 is 5.56 Å². The van der Waals surface area contributed by atoms with Crippen LogP contribution in [0.2, 0.25) is 0 Å². The molecule has 2 aromatic heterocycles. The molecule has 0 unspecified atom stereocenters. The van der Waals surface area contributed by atoms with Crippen molar-refractivity contribution in [2.75, 3.05) is 0 Å². The van der Waals surface area contributed by atoms with Gasteiger partial charge in [0, 0.05) is 5.56 Å². The molecule has 4 aromatic rings. The second-order valence-electron chi connectivity index (χ2n) is 5.54. The van der Waals surface area contributed by atoms with E-state index in [4.69, 9.17) is 28.9 Å². The third-order valence-electron chi connectivity index (χ3n) is 3.94. The molecular formula is C17H12N4O2S2. The third-order valence-corrected chi connectivity index (χ3v) is 4.40. The third kappa shape index (κ3) is 2.65. The number of aryl methyl sites for hydroxylation is 1. The maximum absolute atomic E-state index is 13.0. The van der Waals surface area contributed by atoms with Crippen LogP contribution in [0.1, 0.15) is 5.56 Å². The van der Waals surface area contributed by atoms with Gasteiger partial charge in [0.25, 0.3) is 10.4 Å². The Morgan fingerprint density at radius 2 is 1.96 bits per heavy atom. The van der Waals surface area contributed by atoms with E-state index in [-0.39, 0.29) is 10.4 Å². The summed E-state index contributed by atoms with van der Waals surface area (Å²) in [5, 5.41) is 7.19. The highest BCUT2D eigenvalue weighted by molar-refractivity contribution is 7.71. The molecule has 0 atom stereocenters. The summed E-state index contributed by atoms with van der Waals surface area (Å²) in [5.74, 6) is 0.356. The number of hydrogen-bond acceptors (Lipinski definition) is 5. The number of nitrogens with one attached hydrogen (secondary N) is 2. The van der Waals surface area contributed by atoms with Crippen molar-refractivity contribution in [2.24, 2.45) is 0 Å². The van der Waals surface area contributed by atoms with Crippen molar-refractivity contribution in [3.63, 3.8) is 0 Å². The van der Waals surface area contributed by atoms with Gasteiger partial charge in [-0.15, -0.1) is 5.10 Å². The van der Waals surface area contributed by atoms with Gasteiger partial charge < -0.3 is 9.40 Å². The van der Waals surface area contributed by atoms with Crippen LogP contribution in [-0.4, -0.2) is 19.7 Å². The molecule has 0 fully saturated rings. The molecular weight excluding hydrogens is 356 g/mol. The van der Waals surface area contributed by atoms with Gasteiger partial charge in [0.1, 0.15) is 0 Å². The number of rotatable bonds is 2. The largest absolute Gasteiger partial charge is 0.409 e. The molecule has 0 aliphatic heterocycles.